The summed E-state index contributed by atoms with van der Waals surface area (Å²) in [5, 5.41) is 9.11. The average Bonchev–Trinajstić information content (AvgIpc) is 2.11. The van der Waals surface area contributed by atoms with Crippen molar-refractivity contribution in [3.8, 4) is 5.75 Å². The molecule has 13 heavy (non-hydrogen) atoms. The quantitative estimate of drug-likeness (QED) is 0.798. The molecule has 5 heteroatoms. The van der Waals surface area contributed by atoms with E-state index in [1.165, 1.54) is 13.3 Å². The molecule has 0 amide bonds. The fraction of sp³-hybridized carbons (Fsp3) is 0.250. The van der Waals surface area contributed by atoms with Crippen LogP contribution < -0.4 is 0 Å². The smallest absolute Gasteiger partial charge is 0.311 e. The van der Waals surface area contributed by atoms with Gasteiger partial charge in [0, 0.05) is 0 Å². The summed E-state index contributed by atoms with van der Waals surface area (Å²) in [7, 11) is 1.32. The summed E-state index contributed by atoms with van der Waals surface area (Å²) < 4.78 is 4.98. The van der Waals surface area contributed by atoms with E-state index < -0.39 is 0 Å². The molecule has 1 heterocycles. The third-order valence-electron chi connectivity index (χ3n) is 1.44. The predicted octanol–water partition coefficient (Wildman–Crippen LogP) is 1.27. The molecule has 1 N–H and O–H groups in total. The van der Waals surface area contributed by atoms with Crippen LogP contribution in [0.4, 0.5) is 0 Å². The Kier molecular flexibility index (Phi) is 3.25. The van der Waals surface area contributed by atoms with Gasteiger partial charge in [0.1, 0.15) is 5.75 Å². The largest absolute Gasteiger partial charge is 0.505 e. The van der Waals surface area contributed by atoms with Gasteiger partial charge in [0.25, 0.3) is 0 Å². The van der Waals surface area contributed by atoms with Gasteiger partial charge in [-0.1, -0.05) is 0 Å². The van der Waals surface area contributed by atoms with Crippen LogP contribution in [0, 0.1) is 0 Å². The predicted molar refractivity (Wildman–Crippen MR) is 49.3 cm³/mol. The summed E-state index contributed by atoms with van der Waals surface area (Å²) in [5.41, 5.74) is 0.552. The fourth-order valence-electron chi connectivity index (χ4n) is 0.780. The molecule has 0 spiro atoms. The molecule has 0 aliphatic heterocycles. The van der Waals surface area contributed by atoms with Crippen LogP contribution >= 0.6 is 15.9 Å². The molecule has 1 aromatic heterocycles. The molecule has 0 aliphatic rings. The maximum absolute atomic E-state index is 10.8. The Morgan fingerprint density at radius 3 is 3.00 bits per heavy atom. The zero-order valence-electron chi connectivity index (χ0n) is 6.95. The zero-order chi connectivity index (χ0) is 9.84. The lowest BCUT2D eigenvalue weighted by molar-refractivity contribution is -0.139. The van der Waals surface area contributed by atoms with Crippen LogP contribution in [0.5, 0.6) is 5.75 Å². The molecule has 0 fully saturated rings. The maximum atomic E-state index is 10.8. The number of hydrogen-bond donors (Lipinski definition) is 1. The van der Waals surface area contributed by atoms with Gasteiger partial charge in [-0.2, -0.15) is 0 Å². The number of aromatic nitrogens is 1. The van der Waals surface area contributed by atoms with E-state index in [4.69, 9.17) is 5.11 Å². The molecular weight excluding hydrogens is 238 g/mol. The number of halogens is 1. The second-order valence-corrected chi connectivity index (χ2v) is 3.23. The number of carbonyl (C=O) groups excluding carboxylic acids is 1. The Morgan fingerprint density at radius 2 is 2.46 bits per heavy atom. The van der Waals surface area contributed by atoms with E-state index in [0.29, 0.717) is 10.2 Å². The summed E-state index contributed by atoms with van der Waals surface area (Å²) in [6.45, 7) is 0. The van der Waals surface area contributed by atoms with E-state index in [-0.39, 0.29) is 18.1 Å². The van der Waals surface area contributed by atoms with Crippen LogP contribution in [0.1, 0.15) is 5.69 Å². The Bertz CT molecular complexity index is 327. The zero-order valence-corrected chi connectivity index (χ0v) is 8.54. The lowest BCUT2D eigenvalue weighted by Gasteiger charge is -2.00. The van der Waals surface area contributed by atoms with Crippen molar-refractivity contribution in [2.45, 2.75) is 6.42 Å². The number of hydrogen-bond acceptors (Lipinski definition) is 4. The van der Waals surface area contributed by atoms with Crippen molar-refractivity contribution in [1.82, 2.24) is 4.98 Å². The maximum Gasteiger partial charge on any atom is 0.311 e. The number of pyridine rings is 1. The second kappa shape index (κ2) is 4.23. The van der Waals surface area contributed by atoms with Crippen molar-refractivity contribution in [2.75, 3.05) is 7.11 Å². The van der Waals surface area contributed by atoms with Gasteiger partial charge < -0.3 is 9.84 Å². The summed E-state index contributed by atoms with van der Waals surface area (Å²) in [6, 6.07) is 1.58. The molecule has 1 rings (SSSR count). The highest BCUT2D eigenvalue weighted by atomic mass is 79.9. The number of ether oxygens (including phenoxy) is 1. The van der Waals surface area contributed by atoms with Crippen molar-refractivity contribution in [1.29, 1.82) is 0 Å². The first-order valence-corrected chi connectivity index (χ1v) is 4.33. The SMILES string of the molecule is COC(=O)Cc1cc(Br)c(O)cn1. The van der Waals surface area contributed by atoms with E-state index in [1.807, 2.05) is 0 Å². The molecule has 0 radical (unpaired) electrons. The summed E-state index contributed by atoms with van der Waals surface area (Å²) in [4.78, 5) is 14.7. The molecule has 0 aromatic carbocycles. The monoisotopic (exact) mass is 245 g/mol. The third kappa shape index (κ3) is 2.69. The van der Waals surface area contributed by atoms with Crippen molar-refractivity contribution < 1.29 is 14.6 Å². The minimum atomic E-state index is -0.356. The van der Waals surface area contributed by atoms with Gasteiger partial charge >= 0.3 is 5.97 Å². The van der Waals surface area contributed by atoms with E-state index in [0.717, 1.165) is 0 Å². The van der Waals surface area contributed by atoms with Gasteiger partial charge in [-0.25, -0.2) is 0 Å². The lowest BCUT2D eigenvalue weighted by atomic mass is 10.3. The van der Waals surface area contributed by atoms with Crippen molar-refractivity contribution in [3.05, 3.63) is 22.4 Å². The van der Waals surface area contributed by atoms with E-state index in [1.54, 1.807) is 6.07 Å². The molecule has 0 saturated heterocycles. The Labute approximate surface area is 83.7 Å². The van der Waals surface area contributed by atoms with Crippen LogP contribution in [-0.2, 0) is 16.0 Å². The second-order valence-electron chi connectivity index (χ2n) is 2.38. The highest BCUT2D eigenvalue weighted by Crippen LogP contribution is 2.22. The molecule has 0 bridgehead atoms. The number of rotatable bonds is 2. The number of aromatic hydroxyl groups is 1. The van der Waals surface area contributed by atoms with E-state index >= 15 is 0 Å². The van der Waals surface area contributed by atoms with Crippen molar-refractivity contribution >= 4 is 21.9 Å². The Hall–Kier alpha value is -1.10. The van der Waals surface area contributed by atoms with E-state index in [9.17, 15) is 4.79 Å². The minimum Gasteiger partial charge on any atom is -0.505 e. The highest BCUT2D eigenvalue weighted by Gasteiger charge is 2.06. The van der Waals surface area contributed by atoms with Crippen LogP contribution in [0.3, 0.4) is 0 Å². The third-order valence-corrected chi connectivity index (χ3v) is 2.08. The van der Waals surface area contributed by atoms with Gasteiger partial charge in [-0.05, 0) is 22.0 Å². The molecule has 4 nitrogen and oxygen atoms in total. The van der Waals surface area contributed by atoms with Gasteiger partial charge in [-0.3, -0.25) is 9.78 Å². The topological polar surface area (TPSA) is 59.4 Å². The molecule has 0 saturated carbocycles. The Morgan fingerprint density at radius 1 is 1.77 bits per heavy atom. The van der Waals surface area contributed by atoms with Crippen LogP contribution in [0.2, 0.25) is 0 Å². The standard InChI is InChI=1S/C8H8BrNO3/c1-13-8(12)3-5-2-6(9)7(11)4-10-5/h2,4,11H,3H2,1H3. The number of esters is 1. The number of carbonyl (C=O) groups is 1. The van der Waals surface area contributed by atoms with Crippen molar-refractivity contribution in [3.63, 3.8) is 0 Å². The Balaban J connectivity index is 2.79. The molecule has 70 valence electrons. The highest BCUT2D eigenvalue weighted by molar-refractivity contribution is 9.10. The lowest BCUT2D eigenvalue weighted by Crippen LogP contribution is -2.05. The number of methoxy groups -OCH3 is 1. The normalized spacial score (nSPS) is 9.69. The average molecular weight is 246 g/mol. The van der Waals surface area contributed by atoms with Crippen LogP contribution in [0.25, 0.3) is 0 Å². The first-order chi connectivity index (χ1) is 6.13. The van der Waals surface area contributed by atoms with Gasteiger partial charge in [0.2, 0.25) is 0 Å². The van der Waals surface area contributed by atoms with Crippen LogP contribution in [-0.4, -0.2) is 23.2 Å². The van der Waals surface area contributed by atoms with Gasteiger partial charge in [0.15, 0.2) is 0 Å². The van der Waals surface area contributed by atoms with Crippen LogP contribution in [0.15, 0.2) is 16.7 Å². The molecular formula is C8H8BrNO3. The molecule has 0 atom stereocenters. The number of nitrogens with zero attached hydrogens (tertiary/aromatic N) is 1. The van der Waals surface area contributed by atoms with Gasteiger partial charge in [0.05, 0.1) is 29.9 Å². The molecule has 1 aromatic rings. The minimum absolute atomic E-state index is 0.0496. The summed E-state index contributed by atoms with van der Waals surface area (Å²) in [5.74, 6) is -0.307. The summed E-state index contributed by atoms with van der Waals surface area (Å²) in [6.07, 6.45) is 1.39. The summed E-state index contributed by atoms with van der Waals surface area (Å²) >= 11 is 3.12. The van der Waals surface area contributed by atoms with Gasteiger partial charge in [-0.15, -0.1) is 0 Å². The van der Waals surface area contributed by atoms with E-state index in [2.05, 4.69) is 25.7 Å². The first-order valence-electron chi connectivity index (χ1n) is 3.53. The molecule has 0 aliphatic carbocycles. The van der Waals surface area contributed by atoms with Crippen molar-refractivity contribution in [2.24, 2.45) is 0 Å². The first kappa shape index (κ1) is 9.98. The molecule has 0 unspecified atom stereocenters. The fourth-order valence-corrected chi connectivity index (χ4v) is 1.15.